The van der Waals surface area contributed by atoms with E-state index in [-0.39, 0.29) is 6.61 Å². The minimum absolute atomic E-state index is 0.252. The third kappa shape index (κ3) is 4.30. The first-order valence-electron chi connectivity index (χ1n) is 4.06. The van der Waals surface area contributed by atoms with Crippen LogP contribution in [-0.2, 0) is 0 Å². The minimum Gasteiger partial charge on any atom is -0.396 e. The maximum absolute atomic E-state index is 8.58. The lowest BCUT2D eigenvalue weighted by atomic mass is 10.5. The molecule has 0 saturated heterocycles. The molecule has 0 amide bonds. The molecule has 1 heterocycles. The summed E-state index contributed by atoms with van der Waals surface area (Å²) in [5.41, 5.74) is 0. The number of aromatic nitrogens is 2. The van der Waals surface area contributed by atoms with Gasteiger partial charge in [-0.2, -0.15) is 0 Å². The Labute approximate surface area is 90.3 Å². The van der Waals surface area contributed by atoms with E-state index in [1.165, 1.54) is 0 Å². The highest BCUT2D eigenvalue weighted by atomic mass is 32.2. The molecule has 74 valence electrons. The summed E-state index contributed by atoms with van der Waals surface area (Å²) in [4.78, 5) is 0. The molecule has 1 aromatic rings. The van der Waals surface area contributed by atoms with Crippen LogP contribution in [0.4, 0.5) is 0 Å². The van der Waals surface area contributed by atoms with Crippen molar-refractivity contribution in [3.63, 3.8) is 0 Å². The zero-order chi connectivity index (χ0) is 9.52. The SMILES string of the molecule is CCSc1nnc(SCCCO)s1. The first-order valence-corrected chi connectivity index (χ1v) is 6.85. The minimum atomic E-state index is 0.252. The van der Waals surface area contributed by atoms with E-state index >= 15 is 0 Å². The third-order valence-corrected chi connectivity index (χ3v) is 4.34. The van der Waals surface area contributed by atoms with Crippen molar-refractivity contribution in [1.29, 1.82) is 0 Å². The lowest BCUT2D eigenvalue weighted by Gasteiger charge is -1.91. The molecule has 0 fully saturated rings. The molecular formula is C7H12N2OS3. The van der Waals surface area contributed by atoms with Crippen molar-refractivity contribution in [3.05, 3.63) is 0 Å². The molecule has 1 aromatic heterocycles. The molecule has 0 aromatic carbocycles. The molecule has 0 aliphatic heterocycles. The van der Waals surface area contributed by atoms with Crippen molar-refractivity contribution < 1.29 is 5.11 Å². The Kier molecular flexibility index (Phi) is 5.77. The number of nitrogens with zero attached hydrogens (tertiary/aromatic N) is 2. The summed E-state index contributed by atoms with van der Waals surface area (Å²) in [6, 6.07) is 0. The van der Waals surface area contributed by atoms with E-state index in [2.05, 4.69) is 17.1 Å². The molecule has 0 aliphatic rings. The summed E-state index contributed by atoms with van der Waals surface area (Å²) in [6.45, 7) is 2.35. The smallest absolute Gasteiger partial charge is 0.175 e. The summed E-state index contributed by atoms with van der Waals surface area (Å²) in [5, 5.41) is 16.7. The van der Waals surface area contributed by atoms with E-state index in [0.29, 0.717) is 0 Å². The normalized spacial score (nSPS) is 10.6. The monoisotopic (exact) mass is 236 g/mol. The van der Waals surface area contributed by atoms with Crippen molar-refractivity contribution in [2.24, 2.45) is 0 Å². The summed E-state index contributed by atoms with van der Waals surface area (Å²) < 4.78 is 2.04. The van der Waals surface area contributed by atoms with E-state index in [9.17, 15) is 0 Å². The van der Waals surface area contributed by atoms with Gasteiger partial charge in [-0.1, -0.05) is 41.8 Å². The van der Waals surface area contributed by atoms with Crippen molar-refractivity contribution in [2.75, 3.05) is 18.1 Å². The molecule has 13 heavy (non-hydrogen) atoms. The van der Waals surface area contributed by atoms with E-state index < -0.39 is 0 Å². The Balaban J connectivity index is 2.31. The summed E-state index contributed by atoms with van der Waals surface area (Å²) in [5.74, 6) is 1.96. The Morgan fingerprint density at radius 1 is 1.31 bits per heavy atom. The third-order valence-electron chi connectivity index (χ3n) is 1.18. The number of thioether (sulfide) groups is 2. The second-order valence-corrected chi connectivity index (χ2v) is 6.02. The van der Waals surface area contributed by atoms with Gasteiger partial charge in [-0.25, -0.2) is 0 Å². The Bertz CT molecular complexity index is 241. The quantitative estimate of drug-likeness (QED) is 0.605. The highest BCUT2D eigenvalue weighted by Crippen LogP contribution is 2.28. The van der Waals surface area contributed by atoms with Crippen molar-refractivity contribution in [2.45, 2.75) is 22.0 Å². The topological polar surface area (TPSA) is 46.0 Å². The van der Waals surface area contributed by atoms with Crippen LogP contribution in [-0.4, -0.2) is 33.4 Å². The van der Waals surface area contributed by atoms with Gasteiger partial charge in [0.2, 0.25) is 0 Å². The molecular weight excluding hydrogens is 224 g/mol. The van der Waals surface area contributed by atoms with Gasteiger partial charge < -0.3 is 5.11 Å². The number of rotatable bonds is 6. The van der Waals surface area contributed by atoms with Gasteiger partial charge in [0.1, 0.15) is 0 Å². The molecule has 0 unspecified atom stereocenters. The van der Waals surface area contributed by atoms with Gasteiger partial charge in [0.15, 0.2) is 8.68 Å². The number of hydrogen-bond acceptors (Lipinski definition) is 6. The predicted octanol–water partition coefficient (Wildman–Crippen LogP) is 2.12. The lowest BCUT2D eigenvalue weighted by molar-refractivity contribution is 0.296. The molecule has 0 atom stereocenters. The lowest BCUT2D eigenvalue weighted by Crippen LogP contribution is -1.84. The van der Waals surface area contributed by atoms with Crippen LogP contribution in [0.3, 0.4) is 0 Å². The van der Waals surface area contributed by atoms with Crippen molar-refractivity contribution in [1.82, 2.24) is 10.2 Å². The zero-order valence-electron chi connectivity index (χ0n) is 7.39. The maximum atomic E-state index is 8.58. The average Bonchev–Trinajstić information content (AvgIpc) is 2.54. The van der Waals surface area contributed by atoms with Gasteiger partial charge in [0.05, 0.1) is 0 Å². The molecule has 0 aliphatic carbocycles. The van der Waals surface area contributed by atoms with Crippen molar-refractivity contribution >= 4 is 34.9 Å². The van der Waals surface area contributed by atoms with Crippen LogP contribution >= 0.6 is 34.9 Å². The van der Waals surface area contributed by atoms with Gasteiger partial charge in [-0.15, -0.1) is 10.2 Å². The number of hydrogen-bond donors (Lipinski definition) is 1. The van der Waals surface area contributed by atoms with Crippen LogP contribution in [0.15, 0.2) is 8.68 Å². The zero-order valence-corrected chi connectivity index (χ0v) is 9.84. The molecule has 3 nitrogen and oxygen atoms in total. The molecule has 1 rings (SSSR count). The van der Waals surface area contributed by atoms with Gasteiger partial charge in [0, 0.05) is 12.4 Å². The Morgan fingerprint density at radius 3 is 2.62 bits per heavy atom. The van der Waals surface area contributed by atoms with Crippen LogP contribution in [0, 0.1) is 0 Å². The largest absolute Gasteiger partial charge is 0.396 e. The standard InChI is InChI=1S/C7H12N2OS3/c1-2-11-6-8-9-7(13-6)12-5-3-4-10/h10H,2-5H2,1H3. The van der Waals surface area contributed by atoms with Crippen LogP contribution < -0.4 is 0 Å². The van der Waals surface area contributed by atoms with Crippen LogP contribution in [0.25, 0.3) is 0 Å². The van der Waals surface area contributed by atoms with Gasteiger partial charge in [-0.05, 0) is 12.2 Å². The summed E-state index contributed by atoms with van der Waals surface area (Å²) in [6.07, 6.45) is 0.820. The van der Waals surface area contributed by atoms with Crippen molar-refractivity contribution in [3.8, 4) is 0 Å². The first-order chi connectivity index (χ1) is 6.36. The fourth-order valence-corrected chi connectivity index (χ4v) is 3.57. The number of aliphatic hydroxyl groups is 1. The second kappa shape index (κ2) is 6.64. The summed E-state index contributed by atoms with van der Waals surface area (Å²) in [7, 11) is 0. The fraction of sp³-hybridized carbons (Fsp3) is 0.714. The molecule has 0 radical (unpaired) electrons. The molecule has 0 saturated carbocycles. The highest BCUT2D eigenvalue weighted by Gasteiger charge is 2.03. The number of aliphatic hydroxyl groups excluding tert-OH is 1. The molecule has 0 bridgehead atoms. The average molecular weight is 236 g/mol. The van der Waals surface area contributed by atoms with Crippen LogP contribution in [0.5, 0.6) is 0 Å². The molecule has 6 heteroatoms. The Hall–Kier alpha value is 0.220. The van der Waals surface area contributed by atoms with E-state index in [1.54, 1.807) is 34.9 Å². The fourth-order valence-electron chi connectivity index (χ4n) is 0.661. The summed E-state index contributed by atoms with van der Waals surface area (Å²) >= 11 is 5.01. The highest BCUT2D eigenvalue weighted by molar-refractivity contribution is 8.03. The van der Waals surface area contributed by atoms with Gasteiger partial charge >= 0.3 is 0 Å². The van der Waals surface area contributed by atoms with E-state index in [1.807, 2.05) is 0 Å². The Morgan fingerprint density at radius 2 is 2.00 bits per heavy atom. The second-order valence-electron chi connectivity index (χ2n) is 2.19. The van der Waals surface area contributed by atoms with E-state index in [0.717, 1.165) is 26.6 Å². The van der Waals surface area contributed by atoms with Crippen LogP contribution in [0.2, 0.25) is 0 Å². The van der Waals surface area contributed by atoms with Crippen LogP contribution in [0.1, 0.15) is 13.3 Å². The predicted molar refractivity (Wildman–Crippen MR) is 58.7 cm³/mol. The van der Waals surface area contributed by atoms with Gasteiger partial charge in [0.25, 0.3) is 0 Å². The molecule has 0 spiro atoms. The first kappa shape index (κ1) is 11.3. The van der Waals surface area contributed by atoms with Gasteiger partial charge in [-0.3, -0.25) is 0 Å². The molecule has 1 N–H and O–H groups in total. The van der Waals surface area contributed by atoms with E-state index in [4.69, 9.17) is 5.11 Å². The maximum Gasteiger partial charge on any atom is 0.175 e.